The lowest BCUT2D eigenvalue weighted by molar-refractivity contribution is -0.123. The molecule has 0 aromatic heterocycles. The van der Waals surface area contributed by atoms with E-state index in [9.17, 15) is 9.59 Å². The molecule has 1 atom stereocenters. The Morgan fingerprint density at radius 1 is 0.963 bits per heavy atom. The maximum Gasteiger partial charge on any atom is 0.252 e. The lowest BCUT2D eigenvalue weighted by Crippen LogP contribution is -2.45. The molecule has 1 saturated heterocycles. The molecule has 2 aromatic carbocycles. The van der Waals surface area contributed by atoms with E-state index in [1.54, 1.807) is 24.3 Å². The van der Waals surface area contributed by atoms with Crippen LogP contribution >= 0.6 is 0 Å². The van der Waals surface area contributed by atoms with Crippen LogP contribution in [0.1, 0.15) is 22.0 Å². The van der Waals surface area contributed by atoms with Gasteiger partial charge >= 0.3 is 0 Å². The molecule has 1 unspecified atom stereocenters. The van der Waals surface area contributed by atoms with Gasteiger partial charge in [0.2, 0.25) is 5.91 Å². The molecular formula is C21H25N3O3. The zero-order chi connectivity index (χ0) is 18.9. The number of ether oxygens (including phenoxy) is 1. The third kappa shape index (κ3) is 5.64. The van der Waals surface area contributed by atoms with Gasteiger partial charge in [0.05, 0.1) is 13.2 Å². The van der Waals surface area contributed by atoms with E-state index in [1.165, 1.54) is 0 Å². The highest BCUT2D eigenvalue weighted by Gasteiger charge is 2.23. The lowest BCUT2D eigenvalue weighted by Gasteiger charge is -2.27. The van der Waals surface area contributed by atoms with E-state index in [2.05, 4.69) is 15.5 Å². The van der Waals surface area contributed by atoms with Gasteiger partial charge in [0.15, 0.2) is 0 Å². The van der Waals surface area contributed by atoms with E-state index < -0.39 is 6.04 Å². The number of nitrogens with zero attached hydrogens (tertiary/aromatic N) is 1. The predicted octanol–water partition coefficient (Wildman–Crippen LogP) is 1.61. The van der Waals surface area contributed by atoms with E-state index in [-0.39, 0.29) is 11.8 Å². The quantitative estimate of drug-likeness (QED) is 0.780. The summed E-state index contributed by atoms with van der Waals surface area (Å²) >= 11 is 0. The van der Waals surface area contributed by atoms with Crippen LogP contribution in [0.5, 0.6) is 0 Å². The van der Waals surface area contributed by atoms with Crippen molar-refractivity contribution in [1.82, 2.24) is 15.5 Å². The first kappa shape index (κ1) is 19.1. The second-order valence-electron chi connectivity index (χ2n) is 6.43. The maximum absolute atomic E-state index is 12.8. The minimum Gasteiger partial charge on any atom is -0.379 e. The molecule has 2 amide bonds. The Labute approximate surface area is 159 Å². The monoisotopic (exact) mass is 367 g/mol. The number of carbonyl (C=O) groups excluding carboxylic acids is 2. The Balaban J connectivity index is 1.62. The molecule has 1 aliphatic rings. The average Bonchev–Trinajstić information content (AvgIpc) is 2.74. The summed E-state index contributed by atoms with van der Waals surface area (Å²) in [4.78, 5) is 27.6. The van der Waals surface area contributed by atoms with E-state index in [0.29, 0.717) is 12.1 Å². The van der Waals surface area contributed by atoms with Gasteiger partial charge in [-0.3, -0.25) is 14.5 Å². The fourth-order valence-corrected chi connectivity index (χ4v) is 3.01. The van der Waals surface area contributed by atoms with E-state index >= 15 is 0 Å². The van der Waals surface area contributed by atoms with E-state index in [4.69, 9.17) is 4.74 Å². The summed E-state index contributed by atoms with van der Waals surface area (Å²) < 4.78 is 5.33. The zero-order valence-electron chi connectivity index (χ0n) is 15.3. The van der Waals surface area contributed by atoms with Gasteiger partial charge in [-0.25, -0.2) is 0 Å². The summed E-state index contributed by atoms with van der Waals surface area (Å²) in [5, 5.41) is 5.80. The fourth-order valence-electron chi connectivity index (χ4n) is 3.01. The SMILES string of the molecule is O=C(NC(C(=O)NCCN1CCOCC1)c1ccccc1)c1ccccc1. The Hall–Kier alpha value is -2.70. The summed E-state index contributed by atoms with van der Waals surface area (Å²) in [5.74, 6) is -0.480. The molecule has 27 heavy (non-hydrogen) atoms. The van der Waals surface area contributed by atoms with Crippen molar-refractivity contribution in [3.05, 3.63) is 71.8 Å². The summed E-state index contributed by atoms with van der Waals surface area (Å²) in [5.41, 5.74) is 1.28. The first-order chi connectivity index (χ1) is 13.2. The van der Waals surface area contributed by atoms with Gasteiger partial charge in [-0.15, -0.1) is 0 Å². The van der Waals surface area contributed by atoms with Crippen molar-refractivity contribution in [3.8, 4) is 0 Å². The Morgan fingerprint density at radius 3 is 2.26 bits per heavy atom. The molecule has 6 nitrogen and oxygen atoms in total. The Morgan fingerprint density at radius 2 is 1.59 bits per heavy atom. The number of hydrogen-bond donors (Lipinski definition) is 2. The van der Waals surface area contributed by atoms with Crippen molar-refractivity contribution >= 4 is 11.8 Å². The lowest BCUT2D eigenvalue weighted by atomic mass is 10.1. The largest absolute Gasteiger partial charge is 0.379 e. The van der Waals surface area contributed by atoms with Crippen molar-refractivity contribution < 1.29 is 14.3 Å². The van der Waals surface area contributed by atoms with Crippen LogP contribution in [0.15, 0.2) is 60.7 Å². The van der Waals surface area contributed by atoms with Gasteiger partial charge in [0.1, 0.15) is 6.04 Å². The van der Waals surface area contributed by atoms with Crippen LogP contribution in [0.2, 0.25) is 0 Å². The maximum atomic E-state index is 12.8. The number of morpholine rings is 1. The molecule has 0 radical (unpaired) electrons. The molecule has 3 rings (SSSR count). The van der Waals surface area contributed by atoms with Gasteiger partial charge < -0.3 is 15.4 Å². The zero-order valence-corrected chi connectivity index (χ0v) is 15.3. The second kappa shape index (κ2) is 9.85. The van der Waals surface area contributed by atoms with Crippen LogP contribution in [0, 0.1) is 0 Å². The molecule has 2 aromatic rings. The first-order valence-corrected chi connectivity index (χ1v) is 9.23. The molecule has 0 bridgehead atoms. The molecule has 1 heterocycles. The topological polar surface area (TPSA) is 70.7 Å². The third-order valence-electron chi connectivity index (χ3n) is 4.54. The highest BCUT2D eigenvalue weighted by atomic mass is 16.5. The smallest absolute Gasteiger partial charge is 0.252 e. The molecule has 142 valence electrons. The van der Waals surface area contributed by atoms with Crippen molar-refractivity contribution in [2.45, 2.75) is 6.04 Å². The highest BCUT2D eigenvalue weighted by molar-refractivity contribution is 5.97. The Kier molecular flexibility index (Phi) is 6.96. The molecule has 1 fully saturated rings. The minimum absolute atomic E-state index is 0.209. The van der Waals surface area contributed by atoms with E-state index in [0.717, 1.165) is 38.4 Å². The van der Waals surface area contributed by atoms with Crippen molar-refractivity contribution in [1.29, 1.82) is 0 Å². The van der Waals surface area contributed by atoms with E-state index in [1.807, 2.05) is 36.4 Å². The van der Waals surface area contributed by atoms with Crippen LogP contribution in [0.25, 0.3) is 0 Å². The number of carbonyl (C=O) groups is 2. The fraction of sp³-hybridized carbons (Fsp3) is 0.333. The van der Waals surface area contributed by atoms with Crippen molar-refractivity contribution in [2.75, 3.05) is 39.4 Å². The van der Waals surface area contributed by atoms with Gasteiger partial charge in [-0.05, 0) is 17.7 Å². The van der Waals surface area contributed by atoms with Crippen LogP contribution < -0.4 is 10.6 Å². The molecule has 1 aliphatic heterocycles. The highest BCUT2D eigenvalue weighted by Crippen LogP contribution is 2.14. The molecule has 0 saturated carbocycles. The van der Waals surface area contributed by atoms with Gasteiger partial charge in [-0.2, -0.15) is 0 Å². The predicted molar refractivity (Wildman–Crippen MR) is 103 cm³/mol. The van der Waals surface area contributed by atoms with Gasteiger partial charge in [0.25, 0.3) is 5.91 Å². The third-order valence-corrected chi connectivity index (χ3v) is 4.54. The number of benzene rings is 2. The summed E-state index contributed by atoms with van der Waals surface area (Å²) in [7, 11) is 0. The molecular weight excluding hydrogens is 342 g/mol. The summed E-state index contributed by atoms with van der Waals surface area (Å²) in [6, 6.07) is 17.5. The summed E-state index contributed by atoms with van der Waals surface area (Å²) in [6.07, 6.45) is 0. The summed E-state index contributed by atoms with van der Waals surface area (Å²) in [6.45, 7) is 4.51. The average molecular weight is 367 g/mol. The number of amides is 2. The standard InChI is InChI=1S/C21H25N3O3/c25-20(18-9-5-2-6-10-18)23-19(17-7-3-1-4-8-17)21(26)22-11-12-24-13-15-27-16-14-24/h1-10,19H,11-16H2,(H,22,26)(H,23,25). The molecule has 2 N–H and O–H groups in total. The molecule has 6 heteroatoms. The van der Waals surface area contributed by atoms with Crippen LogP contribution in [0.4, 0.5) is 0 Å². The number of hydrogen-bond acceptors (Lipinski definition) is 4. The number of rotatable bonds is 7. The number of nitrogens with one attached hydrogen (secondary N) is 2. The minimum atomic E-state index is -0.733. The van der Waals surface area contributed by atoms with Crippen LogP contribution in [-0.2, 0) is 9.53 Å². The van der Waals surface area contributed by atoms with Crippen molar-refractivity contribution in [2.24, 2.45) is 0 Å². The normalized spacial score (nSPS) is 15.7. The van der Waals surface area contributed by atoms with Crippen LogP contribution in [0.3, 0.4) is 0 Å². The molecule has 0 aliphatic carbocycles. The first-order valence-electron chi connectivity index (χ1n) is 9.23. The molecule has 0 spiro atoms. The second-order valence-corrected chi connectivity index (χ2v) is 6.43. The van der Waals surface area contributed by atoms with Crippen molar-refractivity contribution in [3.63, 3.8) is 0 Å². The Bertz CT molecular complexity index is 731. The van der Waals surface area contributed by atoms with Crippen LogP contribution in [-0.4, -0.2) is 56.1 Å². The van der Waals surface area contributed by atoms with Gasteiger partial charge in [0, 0.05) is 31.7 Å². The van der Waals surface area contributed by atoms with Gasteiger partial charge in [-0.1, -0.05) is 48.5 Å².